The number of rotatable bonds is 3. The number of hydrogen-bond donors (Lipinski definition) is 1. The van der Waals surface area contributed by atoms with Crippen molar-refractivity contribution in [3.05, 3.63) is 35.2 Å². The van der Waals surface area contributed by atoms with E-state index >= 15 is 0 Å². The summed E-state index contributed by atoms with van der Waals surface area (Å²) >= 11 is 1.60. The van der Waals surface area contributed by atoms with E-state index in [-0.39, 0.29) is 5.91 Å². The van der Waals surface area contributed by atoms with Gasteiger partial charge in [-0.05, 0) is 11.5 Å². The first-order valence-corrected chi connectivity index (χ1v) is 8.09. The van der Waals surface area contributed by atoms with Gasteiger partial charge in [0.25, 0.3) is 0 Å². The van der Waals surface area contributed by atoms with E-state index in [1.54, 1.807) is 11.3 Å². The summed E-state index contributed by atoms with van der Waals surface area (Å²) < 4.78 is 0. The fraction of sp³-hybridized carbons (Fsp3) is 0.375. The second kappa shape index (κ2) is 5.85. The Hall–Kier alpha value is -1.88. The Balaban J connectivity index is 1.79. The maximum absolute atomic E-state index is 11.4. The van der Waals surface area contributed by atoms with E-state index in [0.29, 0.717) is 19.0 Å². The van der Waals surface area contributed by atoms with E-state index in [1.165, 1.54) is 5.56 Å². The molecular formula is C16H19N3OS. The van der Waals surface area contributed by atoms with Gasteiger partial charge in [0.15, 0.2) is 5.13 Å². The molecule has 1 aromatic heterocycles. The van der Waals surface area contributed by atoms with Crippen molar-refractivity contribution in [2.45, 2.75) is 19.8 Å². The molecule has 4 nitrogen and oxygen atoms in total. The SMILES string of the molecule is CC(C)c1ccc(-c2csc(N3CCNC(=O)C3)n2)cc1. The molecule has 110 valence electrons. The van der Waals surface area contributed by atoms with Crippen molar-refractivity contribution in [3.63, 3.8) is 0 Å². The highest BCUT2D eigenvalue weighted by atomic mass is 32.1. The Morgan fingerprint density at radius 1 is 1.29 bits per heavy atom. The minimum Gasteiger partial charge on any atom is -0.353 e. The molecule has 1 N–H and O–H groups in total. The zero-order chi connectivity index (χ0) is 14.8. The number of aromatic nitrogens is 1. The first kappa shape index (κ1) is 14.1. The lowest BCUT2D eigenvalue weighted by molar-refractivity contribution is -0.120. The highest BCUT2D eigenvalue weighted by Crippen LogP contribution is 2.28. The summed E-state index contributed by atoms with van der Waals surface area (Å²) in [6.45, 7) is 6.30. The Morgan fingerprint density at radius 2 is 2.05 bits per heavy atom. The molecule has 5 heteroatoms. The molecule has 1 fully saturated rings. The van der Waals surface area contributed by atoms with Gasteiger partial charge in [0.1, 0.15) is 0 Å². The largest absolute Gasteiger partial charge is 0.353 e. The van der Waals surface area contributed by atoms with Crippen LogP contribution in [0.1, 0.15) is 25.3 Å². The number of amides is 1. The predicted octanol–water partition coefficient (Wildman–Crippen LogP) is 2.87. The molecule has 0 spiro atoms. The summed E-state index contributed by atoms with van der Waals surface area (Å²) in [6, 6.07) is 8.56. The van der Waals surface area contributed by atoms with Crippen molar-refractivity contribution in [2.75, 3.05) is 24.5 Å². The number of hydrogen-bond acceptors (Lipinski definition) is 4. The van der Waals surface area contributed by atoms with E-state index in [2.05, 4.69) is 53.8 Å². The summed E-state index contributed by atoms with van der Waals surface area (Å²) in [5, 5.41) is 5.82. The molecule has 21 heavy (non-hydrogen) atoms. The third-order valence-corrected chi connectivity index (χ3v) is 4.58. The van der Waals surface area contributed by atoms with Crippen LogP contribution < -0.4 is 10.2 Å². The Kier molecular flexibility index (Phi) is 3.92. The topological polar surface area (TPSA) is 45.2 Å². The molecule has 1 saturated heterocycles. The van der Waals surface area contributed by atoms with Gasteiger partial charge in [0, 0.05) is 24.0 Å². The number of nitrogens with one attached hydrogen (secondary N) is 1. The molecule has 0 bridgehead atoms. The van der Waals surface area contributed by atoms with E-state index in [4.69, 9.17) is 0 Å². The molecule has 1 amide bonds. The second-order valence-electron chi connectivity index (χ2n) is 5.56. The fourth-order valence-corrected chi connectivity index (χ4v) is 3.24. The Labute approximate surface area is 128 Å². The van der Waals surface area contributed by atoms with Crippen molar-refractivity contribution in [1.29, 1.82) is 0 Å². The smallest absolute Gasteiger partial charge is 0.239 e. The normalized spacial score (nSPS) is 15.4. The predicted molar refractivity (Wildman–Crippen MR) is 86.9 cm³/mol. The van der Waals surface area contributed by atoms with Gasteiger partial charge in [-0.1, -0.05) is 38.1 Å². The average molecular weight is 301 g/mol. The molecule has 2 heterocycles. The maximum atomic E-state index is 11.4. The van der Waals surface area contributed by atoms with Gasteiger partial charge in [0.2, 0.25) is 5.91 Å². The molecule has 1 aliphatic heterocycles. The van der Waals surface area contributed by atoms with Crippen LogP contribution in [0.2, 0.25) is 0 Å². The van der Waals surface area contributed by atoms with E-state index in [1.807, 2.05) is 4.90 Å². The maximum Gasteiger partial charge on any atom is 0.239 e. The fourth-order valence-electron chi connectivity index (χ4n) is 2.38. The minimum atomic E-state index is 0.0688. The lowest BCUT2D eigenvalue weighted by atomic mass is 10.0. The molecule has 0 atom stereocenters. The number of carbonyl (C=O) groups is 1. The van der Waals surface area contributed by atoms with E-state index in [9.17, 15) is 4.79 Å². The molecule has 2 aromatic rings. The summed E-state index contributed by atoms with van der Waals surface area (Å²) in [4.78, 5) is 18.2. The quantitative estimate of drug-likeness (QED) is 0.948. The second-order valence-corrected chi connectivity index (χ2v) is 6.40. The standard InChI is InChI=1S/C16H19N3OS/c1-11(2)12-3-5-13(6-4-12)14-10-21-16(18-14)19-8-7-17-15(20)9-19/h3-6,10-11H,7-9H2,1-2H3,(H,17,20). The first-order chi connectivity index (χ1) is 10.1. The van der Waals surface area contributed by atoms with Crippen LogP contribution in [0.25, 0.3) is 11.3 Å². The van der Waals surface area contributed by atoms with Crippen LogP contribution in [0.4, 0.5) is 5.13 Å². The van der Waals surface area contributed by atoms with Crippen molar-refractivity contribution in [1.82, 2.24) is 10.3 Å². The zero-order valence-electron chi connectivity index (χ0n) is 12.3. The van der Waals surface area contributed by atoms with E-state index in [0.717, 1.165) is 22.9 Å². The molecular weight excluding hydrogens is 282 g/mol. The van der Waals surface area contributed by atoms with Crippen molar-refractivity contribution >= 4 is 22.4 Å². The van der Waals surface area contributed by atoms with Crippen molar-refractivity contribution in [3.8, 4) is 11.3 Å². The van der Waals surface area contributed by atoms with Crippen LogP contribution in [-0.2, 0) is 4.79 Å². The van der Waals surface area contributed by atoms with Gasteiger partial charge >= 0.3 is 0 Å². The van der Waals surface area contributed by atoms with Crippen LogP contribution in [0.3, 0.4) is 0 Å². The third kappa shape index (κ3) is 3.08. The summed E-state index contributed by atoms with van der Waals surface area (Å²) in [7, 11) is 0. The van der Waals surface area contributed by atoms with Crippen LogP contribution in [-0.4, -0.2) is 30.5 Å². The van der Waals surface area contributed by atoms with Gasteiger partial charge < -0.3 is 10.2 Å². The van der Waals surface area contributed by atoms with Gasteiger partial charge in [-0.15, -0.1) is 11.3 Å². The molecule has 0 unspecified atom stereocenters. The molecule has 0 aliphatic carbocycles. The van der Waals surface area contributed by atoms with E-state index < -0.39 is 0 Å². The highest BCUT2D eigenvalue weighted by Gasteiger charge is 2.19. The molecule has 0 radical (unpaired) electrons. The van der Waals surface area contributed by atoms with Crippen LogP contribution in [0, 0.1) is 0 Å². The number of anilines is 1. The lowest BCUT2D eigenvalue weighted by Crippen LogP contribution is -2.47. The van der Waals surface area contributed by atoms with Gasteiger partial charge in [-0.2, -0.15) is 0 Å². The first-order valence-electron chi connectivity index (χ1n) is 7.21. The van der Waals surface area contributed by atoms with Crippen LogP contribution in [0.5, 0.6) is 0 Å². The van der Waals surface area contributed by atoms with Gasteiger partial charge in [0.05, 0.1) is 12.2 Å². The van der Waals surface area contributed by atoms with Crippen LogP contribution in [0.15, 0.2) is 29.6 Å². The monoisotopic (exact) mass is 301 g/mol. The number of carbonyl (C=O) groups excluding carboxylic acids is 1. The molecule has 1 aliphatic rings. The third-order valence-electron chi connectivity index (χ3n) is 3.67. The summed E-state index contributed by atoms with van der Waals surface area (Å²) in [5.74, 6) is 0.608. The summed E-state index contributed by atoms with van der Waals surface area (Å²) in [6.07, 6.45) is 0. The number of piperazine rings is 1. The van der Waals surface area contributed by atoms with Gasteiger partial charge in [-0.25, -0.2) is 4.98 Å². The summed E-state index contributed by atoms with van der Waals surface area (Å²) in [5.41, 5.74) is 3.45. The average Bonchev–Trinajstić information content (AvgIpc) is 2.97. The minimum absolute atomic E-state index is 0.0688. The number of nitrogens with zero attached hydrogens (tertiary/aromatic N) is 2. The Morgan fingerprint density at radius 3 is 2.71 bits per heavy atom. The number of benzene rings is 1. The molecule has 0 saturated carbocycles. The number of thiazole rings is 1. The van der Waals surface area contributed by atoms with Crippen molar-refractivity contribution < 1.29 is 4.79 Å². The van der Waals surface area contributed by atoms with Gasteiger partial charge in [-0.3, -0.25) is 4.79 Å². The molecule has 1 aromatic carbocycles. The van der Waals surface area contributed by atoms with Crippen LogP contribution >= 0.6 is 11.3 Å². The molecule has 3 rings (SSSR count). The zero-order valence-corrected chi connectivity index (χ0v) is 13.1. The lowest BCUT2D eigenvalue weighted by Gasteiger charge is -2.25. The Bertz CT molecular complexity index is 633. The highest BCUT2D eigenvalue weighted by molar-refractivity contribution is 7.14. The van der Waals surface area contributed by atoms with Crippen molar-refractivity contribution in [2.24, 2.45) is 0 Å².